The summed E-state index contributed by atoms with van der Waals surface area (Å²) in [6, 6.07) is 0. The molecule has 0 aromatic carbocycles. The van der Waals surface area contributed by atoms with Crippen LogP contribution in [0.15, 0.2) is 82.5 Å². The van der Waals surface area contributed by atoms with Crippen molar-refractivity contribution in [2.24, 2.45) is 76.9 Å². The van der Waals surface area contributed by atoms with E-state index in [-0.39, 0.29) is 0 Å². The molecule has 0 bridgehead atoms. The first kappa shape index (κ1) is 25.5. The van der Waals surface area contributed by atoms with Gasteiger partial charge in [0, 0.05) is 0 Å². The smallest absolute Gasteiger partial charge is 0.00270 e. The topological polar surface area (TPSA) is 0 Å². The molecule has 5 fully saturated rings. The lowest BCUT2D eigenvalue weighted by Crippen LogP contribution is -2.53. The van der Waals surface area contributed by atoms with Crippen LogP contribution in [-0.4, -0.2) is 0 Å². The summed E-state index contributed by atoms with van der Waals surface area (Å²) in [5.74, 6) is 12.5. The first-order valence-corrected chi connectivity index (χ1v) is 18.7. The summed E-state index contributed by atoms with van der Waals surface area (Å²) in [6.07, 6.45) is 45.1. The molecule has 0 nitrogen and oxygen atoms in total. The van der Waals surface area contributed by atoms with E-state index in [1.165, 1.54) is 51.4 Å². The van der Waals surface area contributed by atoms with E-state index in [0.717, 1.165) is 65.1 Å². The van der Waals surface area contributed by atoms with Crippen LogP contribution in [0.2, 0.25) is 0 Å². The van der Waals surface area contributed by atoms with Gasteiger partial charge < -0.3 is 0 Å². The molecule has 0 spiro atoms. The third kappa shape index (κ3) is 3.59. The molecule has 0 aromatic heterocycles. The normalized spacial score (nSPS) is 49.7. The molecule has 0 aliphatic heterocycles. The SMILES string of the molecule is C1=CC(C2=C3C=CCCC3C(C3=CCCC=C3)C3CC4C(C=C23)C2CC3CCCC5CCC6CCC4C2C6C53)=CCC1. The molecule has 0 saturated heterocycles. The number of fused-ring (bicyclic) bond motifs is 5. The van der Waals surface area contributed by atoms with Gasteiger partial charge >= 0.3 is 0 Å². The van der Waals surface area contributed by atoms with Gasteiger partial charge in [-0.25, -0.2) is 0 Å². The van der Waals surface area contributed by atoms with Crippen molar-refractivity contribution in [3.8, 4) is 0 Å². The molecule has 0 N–H and O–H groups in total. The van der Waals surface area contributed by atoms with E-state index in [4.69, 9.17) is 0 Å². The minimum absolute atomic E-state index is 0.700. The molecule has 10 aliphatic rings. The Bertz CT molecular complexity index is 1360. The van der Waals surface area contributed by atoms with Gasteiger partial charge in [0.15, 0.2) is 0 Å². The fourth-order valence-corrected chi connectivity index (χ4v) is 14.3. The quantitative estimate of drug-likeness (QED) is 0.317. The van der Waals surface area contributed by atoms with Gasteiger partial charge in [0.05, 0.1) is 0 Å². The van der Waals surface area contributed by atoms with Gasteiger partial charge in [-0.3, -0.25) is 0 Å². The monoisotopic (exact) mass is 556 g/mol. The van der Waals surface area contributed by atoms with Gasteiger partial charge in [0.2, 0.25) is 0 Å². The van der Waals surface area contributed by atoms with Gasteiger partial charge in [-0.15, -0.1) is 0 Å². The Balaban J connectivity index is 1.13. The Morgan fingerprint density at radius 1 is 0.548 bits per heavy atom. The molecule has 13 atom stereocenters. The van der Waals surface area contributed by atoms with Crippen molar-refractivity contribution in [2.75, 3.05) is 0 Å². The average Bonchev–Trinajstić information content (AvgIpc) is 3.36. The van der Waals surface area contributed by atoms with Crippen LogP contribution in [-0.2, 0) is 0 Å². The second kappa shape index (κ2) is 9.84. The van der Waals surface area contributed by atoms with Crippen molar-refractivity contribution < 1.29 is 0 Å². The molecule has 5 saturated carbocycles. The van der Waals surface area contributed by atoms with Gasteiger partial charge in [-0.05, 0) is 182 Å². The summed E-state index contributed by atoms with van der Waals surface area (Å²) in [5, 5.41) is 0. The summed E-state index contributed by atoms with van der Waals surface area (Å²) < 4.78 is 0. The number of hydrogen-bond acceptors (Lipinski definition) is 0. The van der Waals surface area contributed by atoms with Crippen molar-refractivity contribution in [2.45, 2.75) is 96.3 Å². The zero-order chi connectivity index (χ0) is 27.4. The lowest BCUT2D eigenvalue weighted by atomic mass is 9.45. The van der Waals surface area contributed by atoms with Crippen LogP contribution >= 0.6 is 0 Å². The number of hydrogen-bond donors (Lipinski definition) is 0. The highest BCUT2D eigenvalue weighted by molar-refractivity contribution is 5.63. The van der Waals surface area contributed by atoms with Crippen molar-refractivity contribution in [1.29, 1.82) is 0 Å². The Hall–Kier alpha value is -1.82. The molecule has 13 unspecified atom stereocenters. The van der Waals surface area contributed by atoms with E-state index in [1.807, 2.05) is 5.57 Å². The molecule has 0 amide bonds. The number of rotatable bonds is 2. The number of allylic oxidation sites excluding steroid dienone is 14. The Kier molecular flexibility index (Phi) is 5.98. The van der Waals surface area contributed by atoms with Crippen LogP contribution in [0.1, 0.15) is 96.3 Å². The van der Waals surface area contributed by atoms with Gasteiger partial charge in [-0.1, -0.05) is 73.9 Å². The van der Waals surface area contributed by atoms with Gasteiger partial charge in [-0.2, -0.15) is 0 Å². The van der Waals surface area contributed by atoms with Crippen molar-refractivity contribution in [1.82, 2.24) is 0 Å². The highest BCUT2D eigenvalue weighted by atomic mass is 14.7. The fourth-order valence-electron chi connectivity index (χ4n) is 14.3. The van der Waals surface area contributed by atoms with Gasteiger partial charge in [0.1, 0.15) is 0 Å². The van der Waals surface area contributed by atoms with Crippen LogP contribution in [0.25, 0.3) is 0 Å². The molecule has 220 valence electrons. The van der Waals surface area contributed by atoms with Gasteiger partial charge in [0.25, 0.3) is 0 Å². The first-order valence-electron chi connectivity index (χ1n) is 18.7. The largest absolute Gasteiger partial charge is 0.0842 e. The summed E-state index contributed by atoms with van der Waals surface area (Å²) in [7, 11) is 0. The molecule has 0 heterocycles. The second-order valence-electron chi connectivity index (χ2n) is 16.6. The van der Waals surface area contributed by atoms with E-state index in [1.54, 1.807) is 67.2 Å². The first-order chi connectivity index (χ1) is 20.8. The molecular weight excluding hydrogens is 504 g/mol. The van der Waals surface area contributed by atoms with E-state index < -0.39 is 0 Å². The molecule has 0 heteroatoms. The van der Waals surface area contributed by atoms with E-state index in [9.17, 15) is 0 Å². The highest BCUT2D eigenvalue weighted by Crippen LogP contribution is 2.71. The highest BCUT2D eigenvalue weighted by Gasteiger charge is 2.64. The predicted octanol–water partition coefficient (Wildman–Crippen LogP) is 10.7. The van der Waals surface area contributed by atoms with Crippen molar-refractivity contribution in [3.05, 3.63) is 82.5 Å². The van der Waals surface area contributed by atoms with Crippen molar-refractivity contribution in [3.63, 3.8) is 0 Å². The molecular formula is C42H52. The van der Waals surface area contributed by atoms with E-state index in [0.29, 0.717) is 11.8 Å². The maximum atomic E-state index is 3.03. The van der Waals surface area contributed by atoms with E-state index >= 15 is 0 Å². The van der Waals surface area contributed by atoms with Crippen molar-refractivity contribution >= 4 is 0 Å². The minimum atomic E-state index is 0.700. The molecule has 0 aromatic rings. The van der Waals surface area contributed by atoms with Crippen LogP contribution in [0.3, 0.4) is 0 Å². The average molecular weight is 557 g/mol. The Morgan fingerprint density at radius 3 is 2.21 bits per heavy atom. The Morgan fingerprint density at radius 2 is 1.36 bits per heavy atom. The Labute approximate surface area is 255 Å². The second-order valence-corrected chi connectivity index (χ2v) is 16.6. The maximum Gasteiger partial charge on any atom is -0.00270 e. The zero-order valence-electron chi connectivity index (χ0n) is 25.8. The summed E-state index contributed by atoms with van der Waals surface area (Å²) in [4.78, 5) is 0. The van der Waals surface area contributed by atoms with Crippen LogP contribution in [0, 0.1) is 76.9 Å². The third-order valence-corrected chi connectivity index (χ3v) is 15.3. The minimum Gasteiger partial charge on any atom is -0.0842 e. The maximum absolute atomic E-state index is 3.03. The van der Waals surface area contributed by atoms with Crippen LogP contribution in [0.5, 0.6) is 0 Å². The lowest BCUT2D eigenvalue weighted by molar-refractivity contribution is -0.109. The third-order valence-electron chi connectivity index (χ3n) is 15.3. The van der Waals surface area contributed by atoms with Crippen LogP contribution in [0.4, 0.5) is 0 Å². The zero-order valence-corrected chi connectivity index (χ0v) is 25.8. The predicted molar refractivity (Wildman–Crippen MR) is 173 cm³/mol. The molecule has 10 rings (SSSR count). The summed E-state index contributed by atoms with van der Waals surface area (Å²) >= 11 is 0. The molecule has 42 heavy (non-hydrogen) atoms. The molecule has 10 aliphatic carbocycles. The summed E-state index contributed by atoms with van der Waals surface area (Å²) in [6.45, 7) is 0. The standard InChI is InChI=1S/C42H52/c1-3-10-25(11-4-1)39-30-16-7-8-17-31(30)40(26-12-5-2-6-13-26)37-24-34-33(23-36(37)39)32-21-20-28-19-18-27-14-9-15-29-22-35(34)42(32)41(28)38(27)29/h3,5,8,10-13,17,24,27-30,32-36,38-39,41-42H,1-2,4,6-7,9,14-16,18-23H2. The lowest BCUT2D eigenvalue weighted by Gasteiger charge is -2.60. The molecule has 0 radical (unpaired) electrons. The van der Waals surface area contributed by atoms with E-state index in [2.05, 4.69) is 54.7 Å². The summed E-state index contributed by atoms with van der Waals surface area (Å²) in [5.41, 5.74) is 8.53. The fraction of sp³-hybridized carbons (Fsp3) is 0.667. The van der Waals surface area contributed by atoms with Crippen LogP contribution < -0.4 is 0 Å².